The van der Waals surface area contributed by atoms with Crippen LogP contribution >= 0.6 is 0 Å². The first-order chi connectivity index (χ1) is 11.0. The Morgan fingerprint density at radius 3 is 2.70 bits per heavy atom. The molecule has 2 aromatic rings. The van der Waals surface area contributed by atoms with E-state index in [1.807, 2.05) is 6.07 Å². The summed E-state index contributed by atoms with van der Waals surface area (Å²) >= 11 is 0. The first-order valence-electron chi connectivity index (χ1n) is 6.81. The molecule has 0 spiro atoms. The molecule has 0 atom stereocenters. The van der Waals surface area contributed by atoms with E-state index in [1.165, 1.54) is 22.9 Å². The SMILES string of the molecule is COc1ccccc1NC(=O)Cn1cc(NC(=O)N(C)C)nn1. The van der Waals surface area contributed by atoms with E-state index in [2.05, 4.69) is 20.9 Å². The molecule has 0 unspecified atom stereocenters. The number of methoxy groups -OCH3 is 1. The Balaban J connectivity index is 1.96. The number of ether oxygens (including phenoxy) is 1. The predicted molar refractivity (Wildman–Crippen MR) is 84.4 cm³/mol. The number of urea groups is 1. The third kappa shape index (κ3) is 4.43. The molecule has 0 bridgehead atoms. The predicted octanol–water partition coefficient (Wildman–Crippen LogP) is 1.02. The Kier molecular flexibility index (Phi) is 5.13. The van der Waals surface area contributed by atoms with E-state index in [9.17, 15) is 9.59 Å². The van der Waals surface area contributed by atoms with Crippen molar-refractivity contribution in [3.8, 4) is 5.75 Å². The normalized spacial score (nSPS) is 10.0. The van der Waals surface area contributed by atoms with Crippen molar-refractivity contribution in [1.82, 2.24) is 19.9 Å². The average molecular weight is 318 g/mol. The number of hydrogen-bond donors (Lipinski definition) is 2. The fourth-order valence-corrected chi connectivity index (χ4v) is 1.74. The van der Waals surface area contributed by atoms with Crippen molar-refractivity contribution in [2.24, 2.45) is 0 Å². The highest BCUT2D eigenvalue weighted by Gasteiger charge is 2.11. The number of amides is 3. The second-order valence-corrected chi connectivity index (χ2v) is 4.87. The molecule has 0 saturated heterocycles. The lowest BCUT2D eigenvalue weighted by atomic mass is 10.3. The van der Waals surface area contributed by atoms with Gasteiger partial charge in [0.15, 0.2) is 5.82 Å². The Morgan fingerprint density at radius 2 is 2.00 bits per heavy atom. The molecule has 122 valence electrons. The number of para-hydroxylation sites is 2. The number of hydrogen-bond acceptors (Lipinski definition) is 5. The van der Waals surface area contributed by atoms with Gasteiger partial charge in [-0.3, -0.25) is 10.1 Å². The van der Waals surface area contributed by atoms with E-state index < -0.39 is 0 Å². The minimum Gasteiger partial charge on any atom is -0.495 e. The quantitative estimate of drug-likeness (QED) is 0.857. The van der Waals surface area contributed by atoms with Crippen molar-refractivity contribution in [2.45, 2.75) is 6.54 Å². The zero-order chi connectivity index (χ0) is 16.8. The van der Waals surface area contributed by atoms with Crippen LogP contribution in [0, 0.1) is 0 Å². The molecule has 9 nitrogen and oxygen atoms in total. The summed E-state index contributed by atoms with van der Waals surface area (Å²) in [4.78, 5) is 24.9. The van der Waals surface area contributed by atoms with Gasteiger partial charge in [0.05, 0.1) is 19.0 Å². The fraction of sp³-hybridized carbons (Fsp3) is 0.286. The van der Waals surface area contributed by atoms with Gasteiger partial charge < -0.3 is 15.0 Å². The van der Waals surface area contributed by atoms with Crippen LogP contribution in [0.4, 0.5) is 16.3 Å². The summed E-state index contributed by atoms with van der Waals surface area (Å²) < 4.78 is 6.49. The van der Waals surface area contributed by atoms with Crippen LogP contribution in [0.3, 0.4) is 0 Å². The molecule has 9 heteroatoms. The van der Waals surface area contributed by atoms with E-state index in [4.69, 9.17) is 4.74 Å². The van der Waals surface area contributed by atoms with Gasteiger partial charge in [0.1, 0.15) is 12.3 Å². The first kappa shape index (κ1) is 16.3. The molecule has 1 heterocycles. The van der Waals surface area contributed by atoms with Crippen LogP contribution in [0.25, 0.3) is 0 Å². The molecule has 0 aliphatic rings. The molecule has 23 heavy (non-hydrogen) atoms. The van der Waals surface area contributed by atoms with Gasteiger partial charge in [-0.2, -0.15) is 0 Å². The highest BCUT2D eigenvalue weighted by molar-refractivity contribution is 5.92. The molecule has 0 fully saturated rings. The maximum Gasteiger partial charge on any atom is 0.322 e. The molecule has 2 rings (SSSR count). The molecule has 2 N–H and O–H groups in total. The van der Waals surface area contributed by atoms with E-state index >= 15 is 0 Å². The number of nitrogens with zero attached hydrogens (tertiary/aromatic N) is 4. The number of aromatic nitrogens is 3. The molecule has 1 aromatic carbocycles. The second kappa shape index (κ2) is 7.25. The summed E-state index contributed by atoms with van der Waals surface area (Å²) in [5, 5.41) is 12.9. The summed E-state index contributed by atoms with van der Waals surface area (Å²) in [6, 6.07) is 6.77. The fourth-order valence-electron chi connectivity index (χ4n) is 1.74. The maximum atomic E-state index is 12.0. The monoisotopic (exact) mass is 318 g/mol. The van der Waals surface area contributed by atoms with Crippen LogP contribution in [-0.2, 0) is 11.3 Å². The third-order valence-electron chi connectivity index (χ3n) is 2.87. The van der Waals surface area contributed by atoms with Crippen molar-refractivity contribution in [1.29, 1.82) is 0 Å². The van der Waals surface area contributed by atoms with Crippen LogP contribution < -0.4 is 15.4 Å². The summed E-state index contributed by atoms with van der Waals surface area (Å²) in [6.07, 6.45) is 1.48. The van der Waals surface area contributed by atoms with Crippen molar-refractivity contribution in [3.05, 3.63) is 30.5 Å². The van der Waals surface area contributed by atoms with E-state index in [0.717, 1.165) is 0 Å². The Bertz CT molecular complexity index is 697. The zero-order valence-corrected chi connectivity index (χ0v) is 13.1. The number of anilines is 2. The van der Waals surface area contributed by atoms with Gasteiger partial charge in [-0.1, -0.05) is 17.3 Å². The second-order valence-electron chi connectivity index (χ2n) is 4.87. The number of benzene rings is 1. The third-order valence-corrected chi connectivity index (χ3v) is 2.87. The highest BCUT2D eigenvalue weighted by atomic mass is 16.5. The molecule has 0 radical (unpaired) electrons. The highest BCUT2D eigenvalue weighted by Crippen LogP contribution is 2.22. The minimum absolute atomic E-state index is 0.0388. The lowest BCUT2D eigenvalue weighted by Crippen LogP contribution is -2.27. The van der Waals surface area contributed by atoms with Gasteiger partial charge in [0, 0.05) is 14.1 Å². The molecule has 0 saturated carbocycles. The minimum atomic E-state index is -0.324. The Hall–Kier alpha value is -3.10. The van der Waals surface area contributed by atoms with Crippen molar-refractivity contribution < 1.29 is 14.3 Å². The van der Waals surface area contributed by atoms with Gasteiger partial charge in [-0.15, -0.1) is 5.10 Å². The van der Waals surface area contributed by atoms with Crippen LogP contribution in [0.1, 0.15) is 0 Å². The summed E-state index contributed by atoms with van der Waals surface area (Å²) in [7, 11) is 4.75. The van der Waals surface area contributed by atoms with Gasteiger partial charge >= 0.3 is 6.03 Å². The summed E-state index contributed by atoms with van der Waals surface area (Å²) in [6.45, 7) is -0.0388. The lowest BCUT2D eigenvalue weighted by molar-refractivity contribution is -0.116. The molecule has 1 aromatic heterocycles. The molecule has 3 amide bonds. The zero-order valence-electron chi connectivity index (χ0n) is 13.1. The average Bonchev–Trinajstić information content (AvgIpc) is 2.94. The Morgan fingerprint density at radius 1 is 1.26 bits per heavy atom. The largest absolute Gasteiger partial charge is 0.495 e. The molecular weight excluding hydrogens is 300 g/mol. The van der Waals surface area contributed by atoms with Crippen LogP contribution in [0.5, 0.6) is 5.75 Å². The van der Waals surface area contributed by atoms with Crippen LogP contribution in [-0.4, -0.2) is 53.0 Å². The van der Waals surface area contributed by atoms with Gasteiger partial charge in [0.2, 0.25) is 5.91 Å². The lowest BCUT2D eigenvalue weighted by Gasteiger charge is -2.09. The summed E-state index contributed by atoms with van der Waals surface area (Å²) in [5.41, 5.74) is 0.571. The molecule has 0 aliphatic heterocycles. The Labute approximate surface area is 133 Å². The van der Waals surface area contributed by atoms with Crippen LogP contribution in [0.2, 0.25) is 0 Å². The number of nitrogens with one attached hydrogen (secondary N) is 2. The molecular formula is C14H18N6O3. The van der Waals surface area contributed by atoms with E-state index in [1.54, 1.807) is 32.3 Å². The topological polar surface area (TPSA) is 101 Å². The van der Waals surface area contributed by atoms with E-state index in [-0.39, 0.29) is 24.3 Å². The van der Waals surface area contributed by atoms with E-state index in [0.29, 0.717) is 11.4 Å². The van der Waals surface area contributed by atoms with Crippen LogP contribution in [0.15, 0.2) is 30.5 Å². The van der Waals surface area contributed by atoms with Gasteiger partial charge in [0.25, 0.3) is 0 Å². The summed E-state index contributed by atoms with van der Waals surface area (Å²) in [5.74, 6) is 0.553. The first-order valence-corrected chi connectivity index (χ1v) is 6.81. The van der Waals surface area contributed by atoms with Crippen molar-refractivity contribution in [3.63, 3.8) is 0 Å². The van der Waals surface area contributed by atoms with Crippen molar-refractivity contribution in [2.75, 3.05) is 31.8 Å². The van der Waals surface area contributed by atoms with Gasteiger partial charge in [-0.05, 0) is 12.1 Å². The van der Waals surface area contributed by atoms with Crippen molar-refractivity contribution >= 4 is 23.4 Å². The smallest absolute Gasteiger partial charge is 0.322 e. The number of carbonyl (C=O) groups excluding carboxylic acids is 2. The number of rotatable bonds is 5. The standard InChI is InChI=1S/C14H18N6O3/c1-19(2)14(22)16-12-8-20(18-17-12)9-13(21)15-10-6-4-5-7-11(10)23-3/h4-8H,9H2,1-3H3,(H,15,21)(H,16,22). The van der Waals surface area contributed by atoms with Gasteiger partial charge in [-0.25, -0.2) is 9.48 Å². The maximum absolute atomic E-state index is 12.0. The molecule has 0 aliphatic carbocycles. The number of carbonyl (C=O) groups is 2.